The number of aromatic nitrogens is 1. The van der Waals surface area contributed by atoms with Crippen molar-refractivity contribution in [2.45, 2.75) is 26.0 Å². The van der Waals surface area contributed by atoms with Crippen LogP contribution in [0.3, 0.4) is 0 Å². The Morgan fingerprint density at radius 1 is 1.26 bits per heavy atom. The average molecular weight is 321 g/mol. The minimum absolute atomic E-state index is 0.100. The maximum Gasteiger partial charge on any atom is 0.119 e. The first-order valence-electron chi connectivity index (χ1n) is 6.27. The highest BCUT2D eigenvalue weighted by atomic mass is 79.9. The van der Waals surface area contributed by atoms with Crippen molar-refractivity contribution in [3.63, 3.8) is 0 Å². The standard InChI is InChI=1S/C15H17BrN2O/c1-2-15(17)12-3-5-14(6-4-12)19-10-11-7-13(16)9-18-8-11/h3-9,15H,2,10,17H2,1H3. The first-order chi connectivity index (χ1) is 9.19. The molecule has 0 radical (unpaired) electrons. The van der Waals surface area contributed by atoms with Gasteiger partial charge < -0.3 is 10.5 Å². The van der Waals surface area contributed by atoms with E-state index in [1.165, 1.54) is 0 Å². The van der Waals surface area contributed by atoms with E-state index in [-0.39, 0.29) is 6.04 Å². The largest absolute Gasteiger partial charge is 0.489 e. The van der Waals surface area contributed by atoms with E-state index >= 15 is 0 Å². The molecule has 0 aliphatic heterocycles. The van der Waals surface area contributed by atoms with Crippen LogP contribution in [0, 0.1) is 0 Å². The highest BCUT2D eigenvalue weighted by molar-refractivity contribution is 9.10. The third kappa shape index (κ3) is 4.04. The quantitative estimate of drug-likeness (QED) is 0.910. The molecule has 0 aliphatic carbocycles. The van der Waals surface area contributed by atoms with E-state index in [1.54, 1.807) is 12.4 Å². The van der Waals surface area contributed by atoms with Gasteiger partial charge in [0.15, 0.2) is 0 Å². The van der Waals surface area contributed by atoms with Crippen LogP contribution >= 0.6 is 15.9 Å². The Morgan fingerprint density at radius 2 is 2.00 bits per heavy atom. The SMILES string of the molecule is CCC(N)c1ccc(OCc2cncc(Br)c2)cc1. The zero-order valence-electron chi connectivity index (χ0n) is 10.8. The van der Waals surface area contributed by atoms with Crippen molar-refractivity contribution in [3.05, 3.63) is 58.3 Å². The molecule has 100 valence electrons. The Balaban J connectivity index is 1.96. The van der Waals surface area contributed by atoms with Crippen molar-refractivity contribution in [2.75, 3.05) is 0 Å². The summed E-state index contributed by atoms with van der Waals surface area (Å²) in [6.07, 6.45) is 4.49. The van der Waals surface area contributed by atoms with Crippen molar-refractivity contribution in [2.24, 2.45) is 5.73 Å². The minimum Gasteiger partial charge on any atom is -0.489 e. The summed E-state index contributed by atoms with van der Waals surface area (Å²) in [5.41, 5.74) is 8.14. The first-order valence-corrected chi connectivity index (χ1v) is 7.06. The van der Waals surface area contributed by atoms with Gasteiger partial charge in [-0.05, 0) is 46.1 Å². The van der Waals surface area contributed by atoms with Gasteiger partial charge in [0.05, 0.1) is 0 Å². The summed E-state index contributed by atoms with van der Waals surface area (Å²) in [6, 6.07) is 10.0. The molecule has 2 rings (SSSR count). The second kappa shape index (κ2) is 6.68. The molecule has 2 aromatic rings. The Kier molecular flexibility index (Phi) is 4.93. The number of ether oxygens (including phenoxy) is 1. The Bertz CT molecular complexity index is 528. The maximum absolute atomic E-state index is 5.97. The lowest BCUT2D eigenvalue weighted by Crippen LogP contribution is -2.08. The van der Waals surface area contributed by atoms with E-state index in [1.807, 2.05) is 30.3 Å². The second-order valence-corrected chi connectivity index (χ2v) is 5.30. The van der Waals surface area contributed by atoms with Crippen LogP contribution in [-0.2, 0) is 6.61 Å². The van der Waals surface area contributed by atoms with Crippen LogP contribution in [-0.4, -0.2) is 4.98 Å². The molecule has 19 heavy (non-hydrogen) atoms. The van der Waals surface area contributed by atoms with Crippen LogP contribution in [0.15, 0.2) is 47.2 Å². The fraction of sp³-hybridized carbons (Fsp3) is 0.267. The summed E-state index contributed by atoms with van der Waals surface area (Å²) in [7, 11) is 0. The second-order valence-electron chi connectivity index (χ2n) is 4.38. The normalized spacial score (nSPS) is 12.2. The highest BCUT2D eigenvalue weighted by Crippen LogP contribution is 2.19. The van der Waals surface area contributed by atoms with Crippen LogP contribution in [0.5, 0.6) is 5.75 Å². The smallest absolute Gasteiger partial charge is 0.119 e. The molecule has 0 aliphatic rings. The van der Waals surface area contributed by atoms with E-state index in [4.69, 9.17) is 10.5 Å². The van der Waals surface area contributed by atoms with Gasteiger partial charge in [-0.3, -0.25) is 4.98 Å². The molecule has 0 spiro atoms. The van der Waals surface area contributed by atoms with Crippen LogP contribution in [0.25, 0.3) is 0 Å². The molecule has 1 heterocycles. The third-order valence-electron chi connectivity index (χ3n) is 2.92. The van der Waals surface area contributed by atoms with Gasteiger partial charge in [-0.2, -0.15) is 0 Å². The van der Waals surface area contributed by atoms with Crippen molar-refractivity contribution in [3.8, 4) is 5.75 Å². The Labute approximate surface area is 121 Å². The molecule has 2 N–H and O–H groups in total. The van der Waals surface area contributed by atoms with Gasteiger partial charge in [0, 0.05) is 28.5 Å². The number of nitrogens with two attached hydrogens (primary N) is 1. The molecular weight excluding hydrogens is 304 g/mol. The van der Waals surface area contributed by atoms with Crippen LogP contribution in [0.2, 0.25) is 0 Å². The Morgan fingerprint density at radius 3 is 2.63 bits per heavy atom. The predicted octanol–water partition coefficient (Wildman–Crippen LogP) is 3.83. The summed E-state index contributed by atoms with van der Waals surface area (Å²) >= 11 is 3.39. The van der Waals surface area contributed by atoms with Gasteiger partial charge in [-0.25, -0.2) is 0 Å². The zero-order valence-corrected chi connectivity index (χ0v) is 12.4. The maximum atomic E-state index is 5.97. The van der Waals surface area contributed by atoms with Gasteiger partial charge in [-0.1, -0.05) is 19.1 Å². The summed E-state index contributed by atoms with van der Waals surface area (Å²) in [4.78, 5) is 4.10. The van der Waals surface area contributed by atoms with Crippen molar-refractivity contribution in [1.29, 1.82) is 0 Å². The minimum atomic E-state index is 0.100. The third-order valence-corrected chi connectivity index (χ3v) is 3.35. The number of halogens is 1. The van der Waals surface area contributed by atoms with Crippen molar-refractivity contribution >= 4 is 15.9 Å². The molecular formula is C15H17BrN2O. The number of rotatable bonds is 5. The van der Waals surface area contributed by atoms with E-state index in [9.17, 15) is 0 Å². The molecule has 0 fully saturated rings. The molecule has 1 aromatic heterocycles. The number of hydrogen-bond acceptors (Lipinski definition) is 3. The van der Waals surface area contributed by atoms with Gasteiger partial charge in [-0.15, -0.1) is 0 Å². The molecule has 3 nitrogen and oxygen atoms in total. The average Bonchev–Trinajstić information content (AvgIpc) is 2.45. The molecule has 1 aromatic carbocycles. The fourth-order valence-electron chi connectivity index (χ4n) is 1.75. The number of pyridine rings is 1. The summed E-state index contributed by atoms with van der Waals surface area (Å²) in [6.45, 7) is 2.58. The molecule has 0 saturated carbocycles. The summed E-state index contributed by atoms with van der Waals surface area (Å²) < 4.78 is 6.67. The molecule has 0 saturated heterocycles. The lowest BCUT2D eigenvalue weighted by atomic mass is 10.1. The van der Waals surface area contributed by atoms with Crippen LogP contribution in [0.4, 0.5) is 0 Å². The van der Waals surface area contributed by atoms with Gasteiger partial charge in [0.25, 0.3) is 0 Å². The van der Waals surface area contributed by atoms with Crippen LogP contribution < -0.4 is 10.5 Å². The molecule has 4 heteroatoms. The molecule has 1 atom stereocenters. The lowest BCUT2D eigenvalue weighted by Gasteiger charge is -2.11. The molecule has 0 bridgehead atoms. The topological polar surface area (TPSA) is 48.1 Å². The van der Waals surface area contributed by atoms with Gasteiger partial charge >= 0.3 is 0 Å². The zero-order chi connectivity index (χ0) is 13.7. The summed E-state index contributed by atoms with van der Waals surface area (Å²) in [5.74, 6) is 0.840. The highest BCUT2D eigenvalue weighted by Gasteiger charge is 2.03. The van der Waals surface area contributed by atoms with E-state index < -0.39 is 0 Å². The predicted molar refractivity (Wildman–Crippen MR) is 79.9 cm³/mol. The van der Waals surface area contributed by atoms with Gasteiger partial charge in [0.1, 0.15) is 12.4 Å². The van der Waals surface area contributed by atoms with Crippen molar-refractivity contribution < 1.29 is 4.74 Å². The molecule has 1 unspecified atom stereocenters. The summed E-state index contributed by atoms with van der Waals surface area (Å²) in [5, 5.41) is 0. The van der Waals surface area contributed by atoms with E-state index in [0.29, 0.717) is 6.61 Å². The molecule has 0 amide bonds. The number of benzene rings is 1. The first kappa shape index (κ1) is 14.0. The fourth-order valence-corrected chi connectivity index (χ4v) is 2.16. The van der Waals surface area contributed by atoms with Gasteiger partial charge in [0.2, 0.25) is 0 Å². The monoisotopic (exact) mass is 320 g/mol. The van der Waals surface area contributed by atoms with E-state index in [0.717, 1.165) is 27.8 Å². The lowest BCUT2D eigenvalue weighted by molar-refractivity contribution is 0.305. The number of hydrogen-bond donors (Lipinski definition) is 1. The Hall–Kier alpha value is -1.39. The number of nitrogens with zero attached hydrogens (tertiary/aromatic N) is 1. The van der Waals surface area contributed by atoms with Crippen LogP contribution in [0.1, 0.15) is 30.5 Å². The van der Waals surface area contributed by atoms with E-state index in [2.05, 4.69) is 27.8 Å². The van der Waals surface area contributed by atoms with Crippen molar-refractivity contribution in [1.82, 2.24) is 4.98 Å².